The van der Waals surface area contributed by atoms with Gasteiger partial charge in [-0.1, -0.05) is 66.7 Å². The molecule has 4 aliphatic rings. The molecule has 0 aromatic heterocycles. The van der Waals surface area contributed by atoms with Crippen LogP contribution in [0.2, 0.25) is 0 Å². The van der Waals surface area contributed by atoms with E-state index in [0.717, 1.165) is 74.1 Å². The molecule has 2 aliphatic carbocycles. The summed E-state index contributed by atoms with van der Waals surface area (Å²) in [5.41, 5.74) is 3.82. The number of ketones is 1. The van der Waals surface area contributed by atoms with Crippen LogP contribution in [0.5, 0.6) is 17.2 Å². The number of carbonyl (C=O) groups excluding carboxylic acids is 2. The number of likely N-dealkylation sites (tertiary alicyclic amines) is 1. The fraction of sp³-hybridized carbons (Fsp3) is 0.463. The van der Waals surface area contributed by atoms with Gasteiger partial charge in [-0.3, -0.25) is 14.5 Å². The fourth-order valence-corrected chi connectivity index (χ4v) is 9.56. The van der Waals surface area contributed by atoms with Crippen LogP contribution in [-0.4, -0.2) is 71.5 Å². The number of ether oxygens (including phenoxy) is 2. The first-order valence-corrected chi connectivity index (χ1v) is 17.8. The molecular weight excluding hydrogens is 600 g/mol. The third-order valence-electron chi connectivity index (χ3n) is 11.6. The minimum absolute atomic E-state index is 0.0905. The van der Waals surface area contributed by atoms with Crippen LogP contribution < -0.4 is 9.47 Å². The number of carbonyl (C=O) groups is 2. The Morgan fingerprint density at radius 2 is 1.81 bits per heavy atom. The van der Waals surface area contributed by atoms with Crippen molar-refractivity contribution in [2.75, 3.05) is 26.7 Å². The van der Waals surface area contributed by atoms with Gasteiger partial charge in [0, 0.05) is 60.1 Å². The number of phenolic OH excluding ortho intramolecular Hbond substituents is 1. The van der Waals surface area contributed by atoms with Crippen molar-refractivity contribution in [3.63, 3.8) is 0 Å². The van der Waals surface area contributed by atoms with Gasteiger partial charge in [0.2, 0.25) is 5.91 Å². The third-order valence-corrected chi connectivity index (χ3v) is 11.6. The molecule has 2 bridgehead atoms. The molecule has 0 unspecified atom stereocenters. The van der Waals surface area contributed by atoms with Crippen molar-refractivity contribution in [3.05, 3.63) is 102 Å². The van der Waals surface area contributed by atoms with E-state index in [4.69, 9.17) is 9.47 Å². The first-order valence-electron chi connectivity index (χ1n) is 17.8. The Kier molecular flexibility index (Phi) is 9.32. The number of unbranched alkanes of at least 4 members (excludes halogenated alkanes) is 1. The van der Waals surface area contributed by atoms with E-state index in [9.17, 15) is 14.7 Å². The quantitative estimate of drug-likeness (QED) is 0.116. The molecule has 1 saturated heterocycles. The van der Waals surface area contributed by atoms with E-state index in [0.29, 0.717) is 43.9 Å². The highest BCUT2D eigenvalue weighted by Gasteiger charge is 2.67. The van der Waals surface area contributed by atoms with Crippen molar-refractivity contribution >= 4 is 11.7 Å². The zero-order chi connectivity index (χ0) is 33.3. The number of methoxy groups -OCH3 is 1. The van der Waals surface area contributed by atoms with Gasteiger partial charge in [-0.25, -0.2) is 0 Å². The van der Waals surface area contributed by atoms with Crippen LogP contribution in [0.4, 0.5) is 0 Å². The SMILES string of the molecule is C=CCN1CC[C@]23c4c5c(O)cc(OC)c4O[C@H]2[C@@H](N(CCCc2ccccc2)C(=O)CCCCC(=O)c2ccccc2)CC[C@H]3[C@H]1C5. The number of aromatic hydroxyl groups is 1. The van der Waals surface area contributed by atoms with Crippen molar-refractivity contribution < 1.29 is 24.2 Å². The Morgan fingerprint density at radius 1 is 1.06 bits per heavy atom. The number of Topliss-reactive ketones (excluding diaryl/α,β-unsaturated/α-hetero) is 1. The second kappa shape index (κ2) is 13.8. The van der Waals surface area contributed by atoms with Crippen LogP contribution >= 0.6 is 0 Å². The number of hydrogen-bond acceptors (Lipinski definition) is 6. The van der Waals surface area contributed by atoms with Gasteiger partial charge in [-0.2, -0.15) is 0 Å². The highest BCUT2D eigenvalue weighted by atomic mass is 16.5. The molecule has 3 aromatic carbocycles. The van der Waals surface area contributed by atoms with E-state index in [2.05, 4.69) is 40.6 Å². The van der Waals surface area contributed by atoms with Crippen LogP contribution in [0.15, 0.2) is 79.4 Å². The van der Waals surface area contributed by atoms with Crippen molar-refractivity contribution in [3.8, 4) is 17.2 Å². The van der Waals surface area contributed by atoms with E-state index >= 15 is 0 Å². The summed E-state index contributed by atoms with van der Waals surface area (Å²) in [5.74, 6) is 2.24. The van der Waals surface area contributed by atoms with E-state index < -0.39 is 0 Å². The predicted molar refractivity (Wildman–Crippen MR) is 187 cm³/mol. The minimum Gasteiger partial charge on any atom is -0.508 e. The molecule has 5 atom stereocenters. The van der Waals surface area contributed by atoms with E-state index in [1.165, 1.54) is 5.56 Å². The summed E-state index contributed by atoms with van der Waals surface area (Å²) in [5, 5.41) is 11.3. The zero-order valence-electron chi connectivity index (χ0n) is 28.1. The Hall–Kier alpha value is -4.10. The van der Waals surface area contributed by atoms with Gasteiger partial charge in [0.25, 0.3) is 0 Å². The Labute approximate surface area is 284 Å². The maximum absolute atomic E-state index is 14.3. The summed E-state index contributed by atoms with van der Waals surface area (Å²) in [6, 6.07) is 21.8. The standard InChI is InChI=1S/C41H48N2O5/c1-3-23-42-25-22-41-31-20-21-32(40(41)48-39-36(47-2)27-35(45)30(38(39)41)26-33(31)42)43(24-12-15-28-13-6-4-7-14-28)37(46)19-11-10-18-34(44)29-16-8-5-9-17-29/h3-9,13-14,16-17,27,31-33,40,45H,1,10-12,15,18-26H2,2H3/t31-,32-,33+,40-,41-/m0/s1. The summed E-state index contributed by atoms with van der Waals surface area (Å²) < 4.78 is 12.9. The maximum Gasteiger partial charge on any atom is 0.222 e. The summed E-state index contributed by atoms with van der Waals surface area (Å²) in [4.78, 5) is 31.7. The first-order chi connectivity index (χ1) is 23.5. The normalized spacial score (nSPS) is 25.1. The maximum atomic E-state index is 14.3. The number of piperidine rings is 1. The second-order valence-electron chi connectivity index (χ2n) is 14.1. The van der Waals surface area contributed by atoms with Crippen LogP contribution in [0.3, 0.4) is 0 Å². The van der Waals surface area contributed by atoms with Crippen LogP contribution in [0.25, 0.3) is 0 Å². The third kappa shape index (κ3) is 5.70. The van der Waals surface area contributed by atoms with Gasteiger partial charge in [0.1, 0.15) is 11.9 Å². The number of aryl methyl sites for hydroxylation is 1. The monoisotopic (exact) mass is 648 g/mol. The van der Waals surface area contributed by atoms with Crippen LogP contribution in [0.1, 0.15) is 78.4 Å². The fourth-order valence-electron chi connectivity index (χ4n) is 9.56. The van der Waals surface area contributed by atoms with Crippen molar-refractivity contribution in [1.82, 2.24) is 9.80 Å². The second-order valence-corrected chi connectivity index (χ2v) is 14.1. The average Bonchev–Trinajstić information content (AvgIpc) is 3.46. The van der Waals surface area contributed by atoms with Crippen LogP contribution in [0, 0.1) is 5.92 Å². The molecular formula is C41H48N2O5. The molecule has 2 aliphatic heterocycles. The lowest BCUT2D eigenvalue weighted by Gasteiger charge is -2.60. The molecule has 48 heavy (non-hydrogen) atoms. The van der Waals surface area contributed by atoms with Gasteiger partial charge in [-0.15, -0.1) is 6.58 Å². The predicted octanol–water partition coefficient (Wildman–Crippen LogP) is 6.90. The largest absolute Gasteiger partial charge is 0.508 e. The van der Waals surface area contributed by atoms with Crippen molar-refractivity contribution in [1.29, 1.82) is 0 Å². The zero-order valence-corrected chi connectivity index (χ0v) is 28.1. The summed E-state index contributed by atoms with van der Waals surface area (Å²) in [6.07, 6.45) is 9.28. The first kappa shape index (κ1) is 32.4. The molecule has 252 valence electrons. The van der Waals surface area contributed by atoms with Gasteiger partial charge in [-0.05, 0) is 69.4 Å². The molecule has 1 spiro atoms. The van der Waals surface area contributed by atoms with Crippen molar-refractivity contribution in [2.45, 2.75) is 87.8 Å². The molecule has 7 rings (SSSR count). The lowest BCUT2D eigenvalue weighted by molar-refractivity contribution is -0.142. The Morgan fingerprint density at radius 3 is 2.56 bits per heavy atom. The summed E-state index contributed by atoms with van der Waals surface area (Å²) >= 11 is 0. The van der Waals surface area contributed by atoms with Crippen LogP contribution in [-0.2, 0) is 23.1 Å². The van der Waals surface area contributed by atoms with Gasteiger partial charge >= 0.3 is 0 Å². The van der Waals surface area contributed by atoms with Gasteiger partial charge in [0.05, 0.1) is 13.2 Å². The molecule has 1 amide bonds. The van der Waals surface area contributed by atoms with Crippen molar-refractivity contribution in [2.24, 2.45) is 5.92 Å². The minimum atomic E-state index is -0.291. The number of nitrogens with zero attached hydrogens (tertiary/aromatic N) is 2. The highest BCUT2D eigenvalue weighted by Crippen LogP contribution is 2.65. The number of benzene rings is 3. The Balaban J connectivity index is 1.16. The molecule has 7 nitrogen and oxygen atoms in total. The molecule has 0 radical (unpaired) electrons. The van der Waals surface area contributed by atoms with E-state index in [1.807, 2.05) is 42.5 Å². The summed E-state index contributed by atoms with van der Waals surface area (Å²) in [7, 11) is 1.63. The van der Waals surface area contributed by atoms with E-state index in [-0.39, 0.29) is 41.0 Å². The average molecular weight is 649 g/mol. The molecule has 1 saturated carbocycles. The lowest BCUT2D eigenvalue weighted by Crippen LogP contribution is -2.69. The molecule has 1 N–H and O–H groups in total. The number of hydrogen-bond donors (Lipinski definition) is 1. The smallest absolute Gasteiger partial charge is 0.222 e. The van der Waals surface area contributed by atoms with Gasteiger partial charge < -0.3 is 19.5 Å². The highest BCUT2D eigenvalue weighted by molar-refractivity contribution is 5.96. The molecule has 3 aromatic rings. The lowest BCUT2D eigenvalue weighted by atomic mass is 9.50. The Bertz CT molecular complexity index is 1640. The number of phenols is 1. The number of rotatable bonds is 14. The van der Waals surface area contributed by atoms with Gasteiger partial charge in [0.15, 0.2) is 17.3 Å². The topological polar surface area (TPSA) is 79.3 Å². The molecule has 2 heterocycles. The number of amides is 1. The molecule has 2 fully saturated rings. The molecule has 7 heteroatoms. The summed E-state index contributed by atoms with van der Waals surface area (Å²) in [6.45, 7) is 6.44. The van der Waals surface area contributed by atoms with E-state index in [1.54, 1.807) is 13.2 Å².